The highest BCUT2D eigenvalue weighted by Crippen LogP contribution is 2.38. The molecule has 0 fully saturated rings. The number of ether oxygens (including phenoxy) is 1. The number of aromatic amines is 1. The van der Waals surface area contributed by atoms with E-state index in [-0.39, 0.29) is 29.5 Å². The topological polar surface area (TPSA) is 84.1 Å². The molecule has 6 nitrogen and oxygen atoms in total. The average Bonchev–Trinajstić information content (AvgIpc) is 2.71. The Balaban J connectivity index is 1.68. The first-order chi connectivity index (χ1) is 14.0. The molecule has 1 aromatic heterocycles. The fourth-order valence-electron chi connectivity index (χ4n) is 3.42. The van der Waals surface area contributed by atoms with Crippen LogP contribution in [0.5, 0.6) is 5.75 Å². The number of nitrogens with one attached hydrogen (secondary N) is 2. The Morgan fingerprint density at radius 1 is 1.21 bits per heavy atom. The maximum Gasteiger partial charge on any atom is 0.257 e. The molecule has 0 bridgehead atoms. The second-order valence-corrected chi connectivity index (χ2v) is 7.56. The highest BCUT2D eigenvalue weighted by molar-refractivity contribution is 7.98. The zero-order valence-corrected chi connectivity index (χ0v) is 16.4. The minimum absolute atomic E-state index is 0.133. The number of halogens is 1. The number of nitrogens with zero attached hydrogens (tertiary/aromatic N) is 1. The monoisotopic (exact) mass is 411 g/mol. The van der Waals surface area contributed by atoms with Gasteiger partial charge < -0.3 is 15.0 Å². The fourth-order valence-corrected chi connectivity index (χ4v) is 4.22. The standard InChI is InChI=1S/C21H18FN3O3S/c1-28-16-8-3-2-7-14(16)15-10-17(26)23-19-18(15)20(27)25-21(24-19)29-11-12-5-4-6-13(22)9-12/h2-9,15H,10-11H2,1H3,(H2,23,24,25,26,27). The van der Waals surface area contributed by atoms with E-state index in [1.165, 1.54) is 23.9 Å². The van der Waals surface area contributed by atoms with Crippen LogP contribution in [0, 0.1) is 5.82 Å². The van der Waals surface area contributed by atoms with Gasteiger partial charge in [0.15, 0.2) is 5.16 Å². The van der Waals surface area contributed by atoms with Crippen molar-refractivity contribution in [1.29, 1.82) is 0 Å². The zero-order chi connectivity index (χ0) is 20.4. The summed E-state index contributed by atoms with van der Waals surface area (Å²) in [6.45, 7) is 0. The van der Waals surface area contributed by atoms with E-state index in [0.717, 1.165) is 11.1 Å². The first-order valence-electron chi connectivity index (χ1n) is 8.99. The molecule has 29 heavy (non-hydrogen) atoms. The number of thioether (sulfide) groups is 1. The van der Waals surface area contributed by atoms with Gasteiger partial charge >= 0.3 is 0 Å². The number of rotatable bonds is 5. The number of anilines is 1. The first-order valence-corrected chi connectivity index (χ1v) is 9.98. The molecular weight excluding hydrogens is 393 g/mol. The van der Waals surface area contributed by atoms with Gasteiger partial charge in [-0.05, 0) is 23.8 Å². The summed E-state index contributed by atoms with van der Waals surface area (Å²) in [6.07, 6.45) is 0.133. The lowest BCUT2D eigenvalue weighted by Crippen LogP contribution is -2.31. The maximum atomic E-state index is 13.4. The van der Waals surface area contributed by atoms with Crippen LogP contribution in [-0.2, 0) is 10.5 Å². The number of amides is 1. The van der Waals surface area contributed by atoms with Crippen LogP contribution in [0.25, 0.3) is 0 Å². The van der Waals surface area contributed by atoms with Crippen molar-refractivity contribution >= 4 is 23.5 Å². The number of H-pyrrole nitrogens is 1. The number of carbonyl (C=O) groups is 1. The lowest BCUT2D eigenvalue weighted by Gasteiger charge is -2.25. The quantitative estimate of drug-likeness (QED) is 0.494. The summed E-state index contributed by atoms with van der Waals surface area (Å²) in [6, 6.07) is 13.6. The maximum absolute atomic E-state index is 13.4. The number of fused-ring (bicyclic) bond motifs is 1. The van der Waals surface area contributed by atoms with E-state index < -0.39 is 5.92 Å². The van der Waals surface area contributed by atoms with E-state index in [9.17, 15) is 14.0 Å². The van der Waals surface area contributed by atoms with Gasteiger partial charge in [-0.15, -0.1) is 0 Å². The lowest BCUT2D eigenvalue weighted by atomic mass is 9.86. The van der Waals surface area contributed by atoms with Crippen molar-refractivity contribution in [2.75, 3.05) is 12.4 Å². The van der Waals surface area contributed by atoms with Gasteiger partial charge in [0, 0.05) is 23.7 Å². The molecule has 0 saturated heterocycles. The van der Waals surface area contributed by atoms with E-state index >= 15 is 0 Å². The Morgan fingerprint density at radius 2 is 2.03 bits per heavy atom. The molecule has 8 heteroatoms. The first kappa shape index (κ1) is 19.2. The summed E-state index contributed by atoms with van der Waals surface area (Å²) < 4.78 is 18.8. The van der Waals surface area contributed by atoms with Crippen LogP contribution >= 0.6 is 11.8 Å². The van der Waals surface area contributed by atoms with Gasteiger partial charge in [0.1, 0.15) is 17.4 Å². The highest BCUT2D eigenvalue weighted by Gasteiger charge is 2.32. The molecule has 4 rings (SSSR count). The van der Waals surface area contributed by atoms with Gasteiger partial charge in [0.05, 0.1) is 12.7 Å². The molecule has 1 unspecified atom stereocenters. The van der Waals surface area contributed by atoms with Crippen molar-refractivity contribution in [2.24, 2.45) is 0 Å². The van der Waals surface area contributed by atoms with Crippen molar-refractivity contribution in [3.05, 3.63) is 81.4 Å². The number of benzene rings is 2. The molecule has 0 saturated carbocycles. The molecule has 148 valence electrons. The molecule has 0 aliphatic carbocycles. The minimum atomic E-state index is -0.451. The Hall–Kier alpha value is -3.13. The van der Waals surface area contributed by atoms with Crippen LogP contribution in [-0.4, -0.2) is 23.0 Å². The Morgan fingerprint density at radius 3 is 2.83 bits per heavy atom. The molecule has 1 aliphatic heterocycles. The Labute approximate surface area is 170 Å². The van der Waals surface area contributed by atoms with E-state index in [1.807, 2.05) is 18.2 Å². The molecule has 1 atom stereocenters. The molecule has 1 amide bonds. The number of hydrogen-bond donors (Lipinski definition) is 2. The zero-order valence-electron chi connectivity index (χ0n) is 15.6. The molecule has 0 spiro atoms. The predicted octanol–water partition coefficient (Wildman–Crippen LogP) is 3.68. The summed E-state index contributed by atoms with van der Waals surface area (Å²) in [5.74, 6) is 0.316. The SMILES string of the molecule is COc1ccccc1C1CC(=O)Nc2nc(SCc3cccc(F)c3)[nH]c(=O)c21. The van der Waals surface area contributed by atoms with Crippen molar-refractivity contribution < 1.29 is 13.9 Å². The summed E-state index contributed by atoms with van der Waals surface area (Å²) in [5.41, 5.74) is 1.63. The van der Waals surface area contributed by atoms with Gasteiger partial charge in [-0.1, -0.05) is 42.1 Å². The van der Waals surface area contributed by atoms with Crippen LogP contribution in [0.3, 0.4) is 0 Å². The largest absolute Gasteiger partial charge is 0.496 e. The normalized spacial score (nSPS) is 15.5. The summed E-state index contributed by atoms with van der Waals surface area (Å²) >= 11 is 1.27. The second-order valence-electron chi connectivity index (χ2n) is 6.60. The fraction of sp³-hybridized carbons (Fsp3) is 0.190. The summed E-state index contributed by atoms with van der Waals surface area (Å²) in [4.78, 5) is 32.4. The van der Waals surface area contributed by atoms with Crippen LogP contribution in [0.4, 0.5) is 10.2 Å². The molecule has 2 N–H and O–H groups in total. The van der Waals surface area contributed by atoms with Crippen LogP contribution < -0.4 is 15.6 Å². The Bertz CT molecular complexity index is 1130. The molecular formula is C21H18FN3O3S. The highest BCUT2D eigenvalue weighted by atomic mass is 32.2. The lowest BCUT2D eigenvalue weighted by molar-refractivity contribution is -0.116. The smallest absolute Gasteiger partial charge is 0.257 e. The van der Waals surface area contributed by atoms with Gasteiger partial charge in [-0.25, -0.2) is 9.37 Å². The van der Waals surface area contributed by atoms with E-state index in [1.54, 1.807) is 25.3 Å². The van der Waals surface area contributed by atoms with Gasteiger partial charge in [-0.2, -0.15) is 0 Å². The van der Waals surface area contributed by atoms with Crippen molar-refractivity contribution in [3.8, 4) is 5.75 Å². The van der Waals surface area contributed by atoms with Crippen molar-refractivity contribution in [2.45, 2.75) is 23.2 Å². The number of hydrogen-bond acceptors (Lipinski definition) is 5. The third kappa shape index (κ3) is 4.02. The van der Waals surface area contributed by atoms with E-state index in [0.29, 0.717) is 22.2 Å². The van der Waals surface area contributed by atoms with Gasteiger partial charge in [-0.3, -0.25) is 9.59 Å². The third-order valence-electron chi connectivity index (χ3n) is 4.71. The number of carbonyl (C=O) groups excluding carboxylic acids is 1. The molecule has 3 aromatic rings. The van der Waals surface area contributed by atoms with E-state index in [4.69, 9.17) is 4.74 Å². The van der Waals surface area contributed by atoms with Crippen molar-refractivity contribution in [3.63, 3.8) is 0 Å². The molecule has 0 radical (unpaired) electrons. The van der Waals surface area contributed by atoms with Crippen LogP contribution in [0.15, 0.2) is 58.5 Å². The van der Waals surface area contributed by atoms with Gasteiger partial charge in [0.2, 0.25) is 5.91 Å². The van der Waals surface area contributed by atoms with Crippen molar-refractivity contribution in [1.82, 2.24) is 9.97 Å². The molecule has 1 aliphatic rings. The summed E-state index contributed by atoms with van der Waals surface area (Å²) in [5, 5.41) is 3.06. The third-order valence-corrected chi connectivity index (χ3v) is 5.65. The van der Waals surface area contributed by atoms with Crippen LogP contribution in [0.2, 0.25) is 0 Å². The number of aromatic nitrogens is 2. The second kappa shape index (κ2) is 8.08. The minimum Gasteiger partial charge on any atom is -0.496 e. The predicted molar refractivity (Wildman–Crippen MR) is 109 cm³/mol. The number of para-hydroxylation sites is 1. The van der Waals surface area contributed by atoms with Crippen LogP contribution in [0.1, 0.15) is 29.0 Å². The summed E-state index contributed by atoms with van der Waals surface area (Å²) in [7, 11) is 1.55. The average molecular weight is 411 g/mol. The van der Waals surface area contributed by atoms with Gasteiger partial charge in [0.25, 0.3) is 5.56 Å². The Kier molecular flexibility index (Phi) is 5.35. The number of methoxy groups -OCH3 is 1. The molecule has 2 aromatic carbocycles. The molecule has 2 heterocycles. The van der Waals surface area contributed by atoms with E-state index in [2.05, 4.69) is 15.3 Å².